The highest BCUT2D eigenvalue weighted by Crippen LogP contribution is 2.21. The fourth-order valence-corrected chi connectivity index (χ4v) is 2.22. The Morgan fingerprint density at radius 1 is 1.05 bits per heavy atom. The Labute approximate surface area is 112 Å². The summed E-state index contributed by atoms with van der Waals surface area (Å²) in [5, 5.41) is 3.18. The van der Waals surface area contributed by atoms with Gasteiger partial charge >= 0.3 is 0 Å². The molecule has 0 heterocycles. The number of rotatable bonds is 4. The van der Waals surface area contributed by atoms with Crippen LogP contribution in [0.5, 0.6) is 0 Å². The van der Waals surface area contributed by atoms with E-state index in [0.29, 0.717) is 6.42 Å². The van der Waals surface area contributed by atoms with Crippen molar-refractivity contribution in [2.45, 2.75) is 19.4 Å². The number of likely N-dealkylation sites (N-methyl/N-ethyl adjacent to an activating group) is 1. The minimum Gasteiger partial charge on any atom is -0.313 e. The molecular formula is C16H17F2N. The van der Waals surface area contributed by atoms with Crippen LogP contribution in [-0.2, 0) is 6.42 Å². The SMILES string of the molecule is CNC(Cc1ccc(F)cc1C)c1cccc(F)c1. The second-order valence-electron chi connectivity index (χ2n) is 4.67. The van der Waals surface area contributed by atoms with Crippen LogP contribution in [0.4, 0.5) is 8.78 Å². The summed E-state index contributed by atoms with van der Waals surface area (Å²) in [4.78, 5) is 0. The summed E-state index contributed by atoms with van der Waals surface area (Å²) in [5.74, 6) is -0.471. The molecule has 100 valence electrons. The Bertz CT molecular complexity index is 566. The van der Waals surface area contributed by atoms with E-state index in [1.165, 1.54) is 24.3 Å². The van der Waals surface area contributed by atoms with Gasteiger partial charge in [0.2, 0.25) is 0 Å². The van der Waals surface area contributed by atoms with Gasteiger partial charge in [-0.15, -0.1) is 0 Å². The summed E-state index contributed by atoms with van der Waals surface area (Å²) in [5.41, 5.74) is 2.87. The molecular weight excluding hydrogens is 244 g/mol. The molecule has 0 fully saturated rings. The topological polar surface area (TPSA) is 12.0 Å². The Morgan fingerprint density at radius 2 is 1.79 bits per heavy atom. The zero-order valence-corrected chi connectivity index (χ0v) is 11.1. The third kappa shape index (κ3) is 3.38. The second kappa shape index (κ2) is 5.93. The fourth-order valence-electron chi connectivity index (χ4n) is 2.22. The molecule has 1 nitrogen and oxygen atoms in total. The normalized spacial score (nSPS) is 12.4. The Morgan fingerprint density at radius 3 is 2.42 bits per heavy atom. The standard InChI is InChI=1S/C16H17F2N/c1-11-8-15(18)7-6-12(11)10-16(19-2)13-4-3-5-14(17)9-13/h3-9,16,19H,10H2,1-2H3. The third-order valence-electron chi connectivity index (χ3n) is 3.33. The highest BCUT2D eigenvalue weighted by Gasteiger charge is 2.12. The van der Waals surface area contributed by atoms with Gasteiger partial charge in [0, 0.05) is 6.04 Å². The number of benzene rings is 2. The van der Waals surface area contributed by atoms with E-state index in [0.717, 1.165) is 16.7 Å². The largest absolute Gasteiger partial charge is 0.313 e. The molecule has 2 aromatic rings. The van der Waals surface area contributed by atoms with Crippen LogP contribution in [0, 0.1) is 18.6 Å². The highest BCUT2D eigenvalue weighted by molar-refractivity contribution is 5.30. The molecule has 2 aromatic carbocycles. The molecule has 1 unspecified atom stereocenters. The van der Waals surface area contributed by atoms with Gasteiger partial charge in [0.05, 0.1) is 0 Å². The highest BCUT2D eigenvalue weighted by atomic mass is 19.1. The van der Waals surface area contributed by atoms with Gasteiger partial charge in [-0.3, -0.25) is 0 Å². The molecule has 1 atom stereocenters. The smallest absolute Gasteiger partial charge is 0.123 e. The van der Waals surface area contributed by atoms with Crippen molar-refractivity contribution in [2.24, 2.45) is 0 Å². The first-order chi connectivity index (χ1) is 9.10. The van der Waals surface area contributed by atoms with Crippen LogP contribution in [-0.4, -0.2) is 7.05 Å². The number of aryl methyl sites for hydroxylation is 1. The molecule has 0 aliphatic carbocycles. The maximum absolute atomic E-state index is 13.3. The molecule has 0 aromatic heterocycles. The van der Waals surface area contributed by atoms with E-state index in [2.05, 4.69) is 5.32 Å². The molecule has 0 aliphatic heterocycles. The maximum Gasteiger partial charge on any atom is 0.123 e. The van der Waals surface area contributed by atoms with Crippen molar-refractivity contribution in [1.82, 2.24) is 5.32 Å². The predicted molar refractivity (Wildman–Crippen MR) is 73.0 cm³/mol. The van der Waals surface area contributed by atoms with Crippen molar-refractivity contribution in [1.29, 1.82) is 0 Å². The van der Waals surface area contributed by atoms with Crippen molar-refractivity contribution < 1.29 is 8.78 Å². The van der Waals surface area contributed by atoms with Gasteiger partial charge in [-0.05, 0) is 61.3 Å². The molecule has 0 saturated heterocycles. The Hall–Kier alpha value is -1.74. The summed E-state index contributed by atoms with van der Waals surface area (Å²) < 4.78 is 26.3. The lowest BCUT2D eigenvalue weighted by atomic mass is 9.96. The first kappa shape index (κ1) is 13.7. The lowest BCUT2D eigenvalue weighted by Crippen LogP contribution is -2.19. The number of nitrogens with one attached hydrogen (secondary N) is 1. The van der Waals surface area contributed by atoms with Crippen LogP contribution < -0.4 is 5.32 Å². The van der Waals surface area contributed by atoms with E-state index in [4.69, 9.17) is 0 Å². The average Bonchev–Trinajstić information content (AvgIpc) is 2.38. The first-order valence-corrected chi connectivity index (χ1v) is 6.28. The molecule has 19 heavy (non-hydrogen) atoms. The van der Waals surface area contributed by atoms with E-state index in [-0.39, 0.29) is 17.7 Å². The molecule has 2 rings (SSSR count). The number of halogens is 2. The zero-order chi connectivity index (χ0) is 13.8. The average molecular weight is 261 g/mol. The van der Waals surface area contributed by atoms with Crippen LogP contribution >= 0.6 is 0 Å². The maximum atomic E-state index is 13.3. The summed E-state index contributed by atoms with van der Waals surface area (Å²) in [6.07, 6.45) is 0.700. The van der Waals surface area contributed by atoms with Crippen molar-refractivity contribution in [3.8, 4) is 0 Å². The predicted octanol–water partition coefficient (Wildman–Crippen LogP) is 3.78. The van der Waals surface area contributed by atoms with E-state index in [1.54, 1.807) is 12.1 Å². The van der Waals surface area contributed by atoms with E-state index < -0.39 is 0 Å². The zero-order valence-electron chi connectivity index (χ0n) is 11.1. The molecule has 0 aliphatic rings. The van der Waals surface area contributed by atoms with Gasteiger partial charge in [-0.1, -0.05) is 18.2 Å². The van der Waals surface area contributed by atoms with Gasteiger partial charge in [-0.2, -0.15) is 0 Å². The first-order valence-electron chi connectivity index (χ1n) is 6.28. The molecule has 0 bridgehead atoms. The van der Waals surface area contributed by atoms with Gasteiger partial charge in [0.25, 0.3) is 0 Å². The molecule has 0 spiro atoms. The van der Waals surface area contributed by atoms with Crippen LogP contribution in [0.3, 0.4) is 0 Å². The second-order valence-corrected chi connectivity index (χ2v) is 4.67. The fraction of sp³-hybridized carbons (Fsp3) is 0.250. The molecule has 0 radical (unpaired) electrons. The molecule has 3 heteroatoms. The molecule has 0 amide bonds. The summed E-state index contributed by atoms with van der Waals surface area (Å²) in [6, 6.07) is 11.3. The number of hydrogen-bond donors (Lipinski definition) is 1. The minimum atomic E-state index is -0.242. The van der Waals surface area contributed by atoms with Crippen LogP contribution in [0.2, 0.25) is 0 Å². The van der Waals surface area contributed by atoms with Crippen molar-refractivity contribution >= 4 is 0 Å². The van der Waals surface area contributed by atoms with Crippen LogP contribution in [0.15, 0.2) is 42.5 Å². The number of hydrogen-bond acceptors (Lipinski definition) is 1. The van der Waals surface area contributed by atoms with Crippen LogP contribution in [0.1, 0.15) is 22.7 Å². The van der Waals surface area contributed by atoms with Gasteiger partial charge in [-0.25, -0.2) is 8.78 Å². The van der Waals surface area contributed by atoms with Gasteiger partial charge in [0.15, 0.2) is 0 Å². The van der Waals surface area contributed by atoms with E-state index in [1.807, 2.05) is 20.0 Å². The lowest BCUT2D eigenvalue weighted by Gasteiger charge is -2.18. The molecule has 0 saturated carbocycles. The summed E-state index contributed by atoms with van der Waals surface area (Å²) >= 11 is 0. The summed E-state index contributed by atoms with van der Waals surface area (Å²) in [6.45, 7) is 1.89. The lowest BCUT2D eigenvalue weighted by molar-refractivity contribution is 0.574. The van der Waals surface area contributed by atoms with Gasteiger partial charge in [0.1, 0.15) is 11.6 Å². The van der Waals surface area contributed by atoms with Crippen LogP contribution in [0.25, 0.3) is 0 Å². The van der Waals surface area contributed by atoms with Crippen molar-refractivity contribution in [3.63, 3.8) is 0 Å². The van der Waals surface area contributed by atoms with E-state index in [9.17, 15) is 8.78 Å². The van der Waals surface area contributed by atoms with Crippen molar-refractivity contribution in [2.75, 3.05) is 7.05 Å². The van der Waals surface area contributed by atoms with Gasteiger partial charge < -0.3 is 5.32 Å². The summed E-state index contributed by atoms with van der Waals surface area (Å²) in [7, 11) is 1.84. The Kier molecular flexibility index (Phi) is 4.27. The Balaban J connectivity index is 2.24. The monoisotopic (exact) mass is 261 g/mol. The quantitative estimate of drug-likeness (QED) is 0.883. The molecule has 1 N–H and O–H groups in total. The van der Waals surface area contributed by atoms with Crippen molar-refractivity contribution in [3.05, 3.63) is 70.8 Å². The van der Waals surface area contributed by atoms with E-state index >= 15 is 0 Å². The minimum absolute atomic E-state index is 0.0138. The third-order valence-corrected chi connectivity index (χ3v) is 3.33.